The fourth-order valence-electron chi connectivity index (χ4n) is 2.05. The Balaban J connectivity index is 2.23. The summed E-state index contributed by atoms with van der Waals surface area (Å²) in [6, 6.07) is 11.5. The average Bonchev–Trinajstić information content (AvgIpc) is 2.53. The van der Waals surface area contributed by atoms with Crippen LogP contribution < -0.4 is 14.8 Å². The number of halogens is 2. The molecule has 0 radical (unpaired) electrons. The molecule has 0 heterocycles. The molecule has 2 aromatic carbocycles. The molecular weight excluding hydrogens is 366 g/mol. The van der Waals surface area contributed by atoms with E-state index in [0.29, 0.717) is 13.2 Å². The number of methoxy groups -OCH3 is 1. The third kappa shape index (κ3) is 4.38. The van der Waals surface area contributed by atoms with Crippen molar-refractivity contribution in [2.45, 2.75) is 20.1 Å². The maximum absolute atomic E-state index is 6.02. The molecule has 5 heteroatoms. The largest absolute Gasteiger partial charge is 0.493 e. The minimum absolute atomic E-state index is 0.461. The standard InChI is InChI=1S/C17H19BrClNO2/c1-3-20-10-14-15(18)8-9-16(21-2)17(14)22-11-12-4-6-13(19)7-5-12/h4-9,20H,3,10-11H2,1-2H3. The molecular formula is C17H19BrClNO2. The van der Waals surface area contributed by atoms with E-state index in [-0.39, 0.29) is 0 Å². The highest BCUT2D eigenvalue weighted by Gasteiger charge is 2.14. The summed E-state index contributed by atoms with van der Waals surface area (Å²) >= 11 is 9.49. The molecule has 1 N–H and O–H groups in total. The summed E-state index contributed by atoms with van der Waals surface area (Å²) < 4.78 is 12.5. The first-order valence-corrected chi connectivity index (χ1v) is 8.26. The molecule has 0 aliphatic carbocycles. The number of benzene rings is 2. The van der Waals surface area contributed by atoms with Crippen LogP contribution in [0.5, 0.6) is 11.5 Å². The molecule has 0 saturated carbocycles. The number of rotatable bonds is 7. The van der Waals surface area contributed by atoms with E-state index in [4.69, 9.17) is 21.1 Å². The van der Waals surface area contributed by atoms with Gasteiger partial charge in [-0.1, -0.05) is 46.6 Å². The molecule has 22 heavy (non-hydrogen) atoms. The first-order valence-electron chi connectivity index (χ1n) is 7.09. The molecule has 0 fully saturated rings. The van der Waals surface area contributed by atoms with Crippen LogP contribution in [0.4, 0.5) is 0 Å². The predicted octanol–water partition coefficient (Wildman–Crippen LogP) is 4.80. The van der Waals surface area contributed by atoms with Gasteiger partial charge in [0.2, 0.25) is 0 Å². The minimum Gasteiger partial charge on any atom is -0.493 e. The van der Waals surface area contributed by atoms with Gasteiger partial charge in [0.15, 0.2) is 11.5 Å². The molecule has 0 amide bonds. The summed E-state index contributed by atoms with van der Waals surface area (Å²) in [5.74, 6) is 1.48. The lowest BCUT2D eigenvalue weighted by molar-refractivity contribution is 0.280. The molecule has 0 bridgehead atoms. The van der Waals surface area contributed by atoms with Crippen molar-refractivity contribution >= 4 is 27.5 Å². The van der Waals surface area contributed by atoms with Crippen molar-refractivity contribution < 1.29 is 9.47 Å². The van der Waals surface area contributed by atoms with E-state index < -0.39 is 0 Å². The van der Waals surface area contributed by atoms with E-state index in [0.717, 1.165) is 38.7 Å². The van der Waals surface area contributed by atoms with Crippen molar-refractivity contribution in [3.8, 4) is 11.5 Å². The molecule has 2 aromatic rings. The summed E-state index contributed by atoms with van der Waals surface area (Å²) in [6.45, 7) is 4.13. The summed E-state index contributed by atoms with van der Waals surface area (Å²) in [5, 5.41) is 4.04. The third-order valence-corrected chi connectivity index (χ3v) is 4.23. The smallest absolute Gasteiger partial charge is 0.167 e. The zero-order valence-electron chi connectivity index (χ0n) is 12.7. The Morgan fingerprint density at radius 2 is 1.86 bits per heavy atom. The zero-order chi connectivity index (χ0) is 15.9. The molecule has 118 valence electrons. The SMILES string of the molecule is CCNCc1c(Br)ccc(OC)c1OCc1ccc(Cl)cc1. The van der Waals surface area contributed by atoms with Crippen molar-refractivity contribution in [2.75, 3.05) is 13.7 Å². The molecule has 0 aliphatic rings. The van der Waals surface area contributed by atoms with Gasteiger partial charge in [0.25, 0.3) is 0 Å². The highest BCUT2D eigenvalue weighted by Crippen LogP contribution is 2.36. The quantitative estimate of drug-likeness (QED) is 0.744. The zero-order valence-corrected chi connectivity index (χ0v) is 15.0. The molecule has 0 saturated heterocycles. The van der Waals surface area contributed by atoms with Gasteiger partial charge in [-0.25, -0.2) is 0 Å². The van der Waals surface area contributed by atoms with Crippen LogP contribution in [0.2, 0.25) is 5.02 Å². The Morgan fingerprint density at radius 3 is 2.50 bits per heavy atom. The van der Waals surface area contributed by atoms with Crippen molar-refractivity contribution in [1.82, 2.24) is 5.32 Å². The maximum atomic E-state index is 6.02. The summed E-state index contributed by atoms with van der Waals surface area (Å²) in [4.78, 5) is 0. The maximum Gasteiger partial charge on any atom is 0.167 e. The number of ether oxygens (including phenoxy) is 2. The van der Waals surface area contributed by atoms with Crippen LogP contribution in [0, 0.1) is 0 Å². The summed E-state index contributed by atoms with van der Waals surface area (Å²) in [7, 11) is 1.65. The summed E-state index contributed by atoms with van der Waals surface area (Å²) in [6.07, 6.45) is 0. The van der Waals surface area contributed by atoms with Crippen LogP contribution >= 0.6 is 27.5 Å². The van der Waals surface area contributed by atoms with Gasteiger partial charge in [0.05, 0.1) is 7.11 Å². The Bertz CT molecular complexity index is 617. The van der Waals surface area contributed by atoms with Crippen LogP contribution in [0.15, 0.2) is 40.9 Å². The van der Waals surface area contributed by atoms with Gasteiger partial charge in [0.1, 0.15) is 6.61 Å². The van der Waals surface area contributed by atoms with Crippen LogP contribution in [0.3, 0.4) is 0 Å². The van der Waals surface area contributed by atoms with E-state index in [2.05, 4.69) is 28.2 Å². The first-order chi connectivity index (χ1) is 10.7. The fraction of sp³-hybridized carbons (Fsp3) is 0.294. The van der Waals surface area contributed by atoms with Gasteiger partial charge in [-0.05, 0) is 36.4 Å². The Labute approximate surface area is 144 Å². The molecule has 0 spiro atoms. The minimum atomic E-state index is 0.461. The van der Waals surface area contributed by atoms with E-state index in [1.807, 2.05) is 36.4 Å². The van der Waals surface area contributed by atoms with Gasteiger partial charge < -0.3 is 14.8 Å². The Kier molecular flexibility index (Phi) is 6.55. The van der Waals surface area contributed by atoms with Crippen LogP contribution in [-0.2, 0) is 13.2 Å². The third-order valence-electron chi connectivity index (χ3n) is 3.24. The molecule has 2 rings (SSSR count). The van der Waals surface area contributed by atoms with E-state index in [1.54, 1.807) is 7.11 Å². The van der Waals surface area contributed by atoms with Gasteiger partial charge in [0, 0.05) is 21.6 Å². The fourth-order valence-corrected chi connectivity index (χ4v) is 2.63. The number of hydrogen-bond donors (Lipinski definition) is 1. The Morgan fingerprint density at radius 1 is 1.14 bits per heavy atom. The van der Waals surface area contributed by atoms with E-state index in [9.17, 15) is 0 Å². The summed E-state index contributed by atoms with van der Waals surface area (Å²) in [5.41, 5.74) is 2.11. The van der Waals surface area contributed by atoms with Gasteiger partial charge in [-0.3, -0.25) is 0 Å². The van der Waals surface area contributed by atoms with Gasteiger partial charge >= 0.3 is 0 Å². The normalized spacial score (nSPS) is 10.5. The molecule has 3 nitrogen and oxygen atoms in total. The monoisotopic (exact) mass is 383 g/mol. The molecule has 0 unspecified atom stereocenters. The van der Waals surface area contributed by atoms with E-state index >= 15 is 0 Å². The highest BCUT2D eigenvalue weighted by molar-refractivity contribution is 9.10. The van der Waals surface area contributed by atoms with Gasteiger partial charge in [-0.15, -0.1) is 0 Å². The lowest BCUT2D eigenvalue weighted by Crippen LogP contribution is -2.14. The van der Waals surface area contributed by atoms with E-state index in [1.165, 1.54) is 0 Å². The van der Waals surface area contributed by atoms with Crippen LogP contribution in [0.1, 0.15) is 18.1 Å². The topological polar surface area (TPSA) is 30.5 Å². The molecule has 0 aliphatic heterocycles. The second-order valence-electron chi connectivity index (χ2n) is 4.75. The van der Waals surface area contributed by atoms with Crippen LogP contribution in [0.25, 0.3) is 0 Å². The predicted molar refractivity (Wildman–Crippen MR) is 93.9 cm³/mol. The van der Waals surface area contributed by atoms with Crippen molar-refractivity contribution in [1.29, 1.82) is 0 Å². The Hall–Kier alpha value is -1.23. The second-order valence-corrected chi connectivity index (χ2v) is 6.04. The average molecular weight is 385 g/mol. The van der Waals surface area contributed by atoms with Crippen molar-refractivity contribution in [3.05, 3.63) is 57.0 Å². The first kappa shape index (κ1) is 17.1. The lowest BCUT2D eigenvalue weighted by Gasteiger charge is -2.17. The van der Waals surface area contributed by atoms with Crippen molar-refractivity contribution in [2.24, 2.45) is 0 Å². The number of nitrogens with one attached hydrogen (secondary N) is 1. The second kappa shape index (κ2) is 8.42. The van der Waals surface area contributed by atoms with Crippen LogP contribution in [-0.4, -0.2) is 13.7 Å². The van der Waals surface area contributed by atoms with Crippen molar-refractivity contribution in [3.63, 3.8) is 0 Å². The van der Waals surface area contributed by atoms with Gasteiger partial charge in [-0.2, -0.15) is 0 Å². The molecule has 0 atom stereocenters. The lowest BCUT2D eigenvalue weighted by atomic mass is 10.1. The number of hydrogen-bond acceptors (Lipinski definition) is 3. The highest BCUT2D eigenvalue weighted by atomic mass is 79.9. The molecule has 0 aromatic heterocycles.